The maximum Gasteiger partial charge on any atom is 0.134 e. The number of amidine groups is 1. The van der Waals surface area contributed by atoms with Gasteiger partial charge >= 0.3 is 0 Å². The van der Waals surface area contributed by atoms with Gasteiger partial charge in [0.2, 0.25) is 0 Å². The van der Waals surface area contributed by atoms with Crippen LogP contribution in [-0.2, 0) is 0 Å². The molecule has 244 valence electrons. The molecule has 52 heavy (non-hydrogen) atoms. The molecule has 1 aliphatic rings. The molecule has 8 aromatic carbocycles. The van der Waals surface area contributed by atoms with E-state index >= 15 is 0 Å². The van der Waals surface area contributed by atoms with Crippen molar-refractivity contribution < 1.29 is 0 Å². The molecule has 2 aromatic heterocycles. The Morgan fingerprint density at radius 2 is 1.12 bits per heavy atom. The lowest BCUT2D eigenvalue weighted by Crippen LogP contribution is -2.32. The van der Waals surface area contributed by atoms with Crippen LogP contribution in [0, 0.1) is 0 Å². The second-order valence-electron chi connectivity index (χ2n) is 13.6. The number of rotatable bonds is 4. The van der Waals surface area contributed by atoms with Crippen LogP contribution in [0.5, 0.6) is 0 Å². The molecule has 0 saturated carbocycles. The molecule has 0 fully saturated rings. The average molecular weight is 665 g/mol. The Hall–Kier alpha value is -6.91. The summed E-state index contributed by atoms with van der Waals surface area (Å²) in [6, 6.07) is 63.3. The molecule has 1 atom stereocenters. The Morgan fingerprint density at radius 3 is 1.90 bits per heavy atom. The van der Waals surface area contributed by atoms with E-state index in [1.54, 1.807) is 0 Å². The van der Waals surface area contributed by atoms with Gasteiger partial charge in [0, 0.05) is 50.2 Å². The number of hydrogen-bond acceptors (Lipinski definition) is 2. The molecule has 4 nitrogen and oxygen atoms in total. The molecule has 0 amide bonds. The lowest BCUT2D eigenvalue weighted by molar-refractivity contribution is 0.749. The third-order valence-electron chi connectivity index (χ3n) is 10.8. The minimum atomic E-state index is 0.0171. The highest BCUT2D eigenvalue weighted by atomic mass is 15.1. The fourth-order valence-electron chi connectivity index (χ4n) is 8.48. The molecular weight excluding hydrogens is 633 g/mol. The molecule has 1 unspecified atom stereocenters. The predicted molar refractivity (Wildman–Crippen MR) is 217 cm³/mol. The van der Waals surface area contributed by atoms with Crippen molar-refractivity contribution in [1.82, 2.24) is 14.5 Å². The van der Waals surface area contributed by atoms with E-state index in [0.29, 0.717) is 0 Å². The van der Waals surface area contributed by atoms with E-state index in [4.69, 9.17) is 4.99 Å². The molecular formula is C48H32N4. The highest BCUT2D eigenvalue weighted by molar-refractivity contribution is 6.34. The van der Waals surface area contributed by atoms with E-state index in [9.17, 15) is 0 Å². The summed E-state index contributed by atoms with van der Waals surface area (Å²) in [5, 5.41) is 12.6. The van der Waals surface area contributed by atoms with E-state index in [2.05, 4.69) is 197 Å². The predicted octanol–water partition coefficient (Wildman–Crippen LogP) is 11.8. The lowest BCUT2D eigenvalue weighted by Gasteiger charge is -2.27. The number of para-hydroxylation sites is 2. The zero-order chi connectivity index (χ0) is 34.2. The largest absolute Gasteiger partial charge is 0.359 e. The summed E-state index contributed by atoms with van der Waals surface area (Å²) in [5.74, 6) is 0.875. The Balaban J connectivity index is 1.16. The first-order valence-electron chi connectivity index (χ1n) is 17.8. The summed E-state index contributed by atoms with van der Waals surface area (Å²) in [6.45, 7) is 0. The summed E-state index contributed by atoms with van der Waals surface area (Å²) in [7, 11) is 0. The minimum Gasteiger partial charge on any atom is -0.359 e. The molecule has 0 radical (unpaired) electrons. The molecule has 0 spiro atoms. The maximum absolute atomic E-state index is 5.13. The molecule has 4 heteroatoms. The molecule has 11 rings (SSSR count). The van der Waals surface area contributed by atoms with Crippen LogP contribution in [0.2, 0.25) is 0 Å². The quantitative estimate of drug-likeness (QED) is 0.187. The van der Waals surface area contributed by atoms with Gasteiger partial charge in [-0.15, -0.1) is 0 Å². The van der Waals surface area contributed by atoms with E-state index in [-0.39, 0.29) is 6.04 Å². The van der Waals surface area contributed by atoms with Crippen LogP contribution in [0.25, 0.3) is 65.6 Å². The van der Waals surface area contributed by atoms with Crippen molar-refractivity contribution >= 4 is 65.8 Å². The van der Waals surface area contributed by atoms with Gasteiger partial charge in [0.15, 0.2) is 0 Å². The number of nitrogens with zero attached hydrogens (tertiary/aromatic N) is 3. The molecule has 0 aliphatic carbocycles. The lowest BCUT2D eigenvalue weighted by atomic mass is 9.95. The summed E-state index contributed by atoms with van der Waals surface area (Å²) < 4.78 is 4.79. The SMILES string of the molecule is c1ccc(C2NC(c3ccc(-n4c5c(ccc6c5ccn6-c5ccccc5)c5c6ccccc6c6ccccc6c54)cc3)=Nc3ccccc32)cc1. The topological polar surface area (TPSA) is 34.2 Å². The van der Waals surface area contributed by atoms with E-state index in [1.165, 1.54) is 65.4 Å². The van der Waals surface area contributed by atoms with Gasteiger partial charge in [0.1, 0.15) is 5.84 Å². The third kappa shape index (κ3) is 4.25. The Bertz CT molecular complexity index is 3020. The van der Waals surface area contributed by atoms with Crippen molar-refractivity contribution in [2.45, 2.75) is 6.04 Å². The van der Waals surface area contributed by atoms with Gasteiger partial charge in [0.05, 0.1) is 28.3 Å². The average Bonchev–Trinajstić information content (AvgIpc) is 3.81. The van der Waals surface area contributed by atoms with Crippen molar-refractivity contribution in [2.75, 3.05) is 0 Å². The molecule has 10 aromatic rings. The van der Waals surface area contributed by atoms with Crippen LogP contribution in [0.4, 0.5) is 5.69 Å². The molecule has 0 saturated heterocycles. The van der Waals surface area contributed by atoms with E-state index in [1.807, 2.05) is 0 Å². The third-order valence-corrected chi connectivity index (χ3v) is 10.8. The minimum absolute atomic E-state index is 0.0171. The van der Waals surface area contributed by atoms with Gasteiger partial charge < -0.3 is 14.5 Å². The first-order valence-corrected chi connectivity index (χ1v) is 17.8. The van der Waals surface area contributed by atoms with Gasteiger partial charge in [-0.05, 0) is 76.3 Å². The second-order valence-corrected chi connectivity index (χ2v) is 13.6. The van der Waals surface area contributed by atoms with Crippen LogP contribution in [-0.4, -0.2) is 15.0 Å². The van der Waals surface area contributed by atoms with Crippen molar-refractivity contribution in [3.63, 3.8) is 0 Å². The standard InChI is InChI=1S/C48H32N4/c1-3-13-31(14-4-1)45-39-21-11-12-22-42(39)49-48(50-45)32-23-25-34(26-24-32)52-46-40-29-30-51(33-15-5-2-6-16-33)43(40)28-27-41(46)44-37-19-9-7-17-35(37)36-18-8-10-20-38(36)47(44)52/h1-30,45H,(H,49,50). The van der Waals surface area contributed by atoms with Crippen molar-refractivity contribution in [1.29, 1.82) is 0 Å². The normalized spacial score (nSPS) is 14.2. The molecule has 0 bridgehead atoms. The van der Waals surface area contributed by atoms with Gasteiger partial charge in [-0.3, -0.25) is 0 Å². The zero-order valence-electron chi connectivity index (χ0n) is 28.2. The monoisotopic (exact) mass is 664 g/mol. The van der Waals surface area contributed by atoms with Gasteiger partial charge in [0.25, 0.3) is 0 Å². The fraction of sp³-hybridized carbons (Fsp3) is 0.0208. The van der Waals surface area contributed by atoms with Gasteiger partial charge in [-0.25, -0.2) is 4.99 Å². The number of hydrogen-bond donors (Lipinski definition) is 1. The van der Waals surface area contributed by atoms with Crippen molar-refractivity contribution in [2.24, 2.45) is 4.99 Å². The van der Waals surface area contributed by atoms with E-state index < -0.39 is 0 Å². The van der Waals surface area contributed by atoms with Gasteiger partial charge in [-0.2, -0.15) is 0 Å². The van der Waals surface area contributed by atoms with Crippen LogP contribution in [0.15, 0.2) is 187 Å². The number of aromatic nitrogens is 2. The number of fused-ring (bicyclic) bond motifs is 11. The van der Waals surface area contributed by atoms with Crippen molar-refractivity contribution in [3.8, 4) is 11.4 Å². The Kier molecular flexibility index (Phi) is 6.28. The summed E-state index contributed by atoms with van der Waals surface area (Å²) in [6.07, 6.45) is 2.20. The number of benzene rings is 8. The summed E-state index contributed by atoms with van der Waals surface area (Å²) in [4.78, 5) is 5.13. The van der Waals surface area contributed by atoms with E-state index in [0.717, 1.165) is 28.5 Å². The summed E-state index contributed by atoms with van der Waals surface area (Å²) >= 11 is 0. The number of aliphatic imine (C=N–C) groups is 1. The maximum atomic E-state index is 5.13. The molecule has 1 aliphatic heterocycles. The first-order chi connectivity index (χ1) is 25.8. The van der Waals surface area contributed by atoms with Crippen LogP contribution < -0.4 is 5.32 Å². The Morgan fingerprint density at radius 1 is 0.462 bits per heavy atom. The number of nitrogens with one attached hydrogen (secondary N) is 1. The van der Waals surface area contributed by atoms with Crippen LogP contribution in [0.1, 0.15) is 22.7 Å². The highest BCUT2D eigenvalue weighted by Gasteiger charge is 2.25. The Labute approximate surface area is 300 Å². The van der Waals surface area contributed by atoms with Gasteiger partial charge in [-0.1, -0.05) is 121 Å². The first kappa shape index (κ1) is 28.9. The molecule has 3 heterocycles. The zero-order valence-corrected chi connectivity index (χ0v) is 28.2. The fourth-order valence-corrected chi connectivity index (χ4v) is 8.48. The van der Waals surface area contributed by atoms with Crippen LogP contribution in [0.3, 0.4) is 0 Å². The smallest absolute Gasteiger partial charge is 0.134 e. The second kappa shape index (κ2) is 11.3. The highest BCUT2D eigenvalue weighted by Crippen LogP contribution is 2.45. The molecule has 1 N–H and O–H groups in total. The van der Waals surface area contributed by atoms with Crippen molar-refractivity contribution in [3.05, 3.63) is 199 Å². The van der Waals surface area contributed by atoms with Crippen LogP contribution >= 0.6 is 0 Å². The summed E-state index contributed by atoms with van der Waals surface area (Å²) in [5.41, 5.74) is 10.3.